The summed E-state index contributed by atoms with van der Waals surface area (Å²) < 4.78 is 11.1. The molecule has 0 aliphatic carbocycles. The standard InChI is InChI=1S/C22H22Cl2N2O3/c1-14(2)29-20-6-4-17(11-15(20)13-25)26-21(27)22(7-9-28-10-8-22)18-5-3-16(23)12-19(18)24/h3-6,11-12,14H,7-10H2,1-2H3,(H,26,27). The van der Waals surface area contributed by atoms with Crippen LogP contribution in [-0.2, 0) is 14.9 Å². The normalized spacial score (nSPS) is 15.6. The van der Waals surface area contributed by atoms with E-state index in [1.807, 2.05) is 13.8 Å². The van der Waals surface area contributed by atoms with Gasteiger partial charge in [-0.2, -0.15) is 5.26 Å². The molecule has 0 aromatic heterocycles. The van der Waals surface area contributed by atoms with Crippen molar-refractivity contribution in [3.8, 4) is 11.8 Å². The van der Waals surface area contributed by atoms with E-state index >= 15 is 0 Å². The molecule has 7 heteroatoms. The summed E-state index contributed by atoms with van der Waals surface area (Å²) >= 11 is 12.5. The van der Waals surface area contributed by atoms with Gasteiger partial charge in [0.15, 0.2) is 0 Å². The van der Waals surface area contributed by atoms with Gasteiger partial charge in [0.1, 0.15) is 11.8 Å². The van der Waals surface area contributed by atoms with Crippen LogP contribution in [0.5, 0.6) is 5.75 Å². The lowest BCUT2D eigenvalue weighted by Crippen LogP contribution is -2.45. The van der Waals surface area contributed by atoms with Crippen LogP contribution in [0.3, 0.4) is 0 Å². The number of nitrogens with one attached hydrogen (secondary N) is 1. The van der Waals surface area contributed by atoms with Gasteiger partial charge in [0.25, 0.3) is 0 Å². The molecular weight excluding hydrogens is 411 g/mol. The third-order valence-electron chi connectivity index (χ3n) is 4.95. The van der Waals surface area contributed by atoms with Crippen LogP contribution in [0.4, 0.5) is 5.69 Å². The first-order valence-corrected chi connectivity index (χ1v) is 10.2. The number of carbonyl (C=O) groups is 1. The van der Waals surface area contributed by atoms with Crippen molar-refractivity contribution in [2.24, 2.45) is 0 Å². The molecule has 152 valence electrons. The first kappa shape index (κ1) is 21.4. The Kier molecular flexibility index (Phi) is 6.69. The molecule has 1 aliphatic heterocycles. The molecule has 5 nitrogen and oxygen atoms in total. The highest BCUT2D eigenvalue weighted by Crippen LogP contribution is 2.40. The molecule has 0 radical (unpaired) electrons. The number of ether oxygens (including phenoxy) is 2. The Morgan fingerprint density at radius 3 is 2.55 bits per heavy atom. The number of nitrogens with zero attached hydrogens (tertiary/aromatic N) is 1. The van der Waals surface area contributed by atoms with Gasteiger partial charge in [-0.05, 0) is 62.6 Å². The Balaban J connectivity index is 1.93. The monoisotopic (exact) mass is 432 g/mol. The Labute approximate surface area is 180 Å². The topological polar surface area (TPSA) is 71.3 Å². The summed E-state index contributed by atoms with van der Waals surface area (Å²) in [7, 11) is 0. The van der Waals surface area contributed by atoms with Crippen LogP contribution < -0.4 is 10.1 Å². The highest BCUT2D eigenvalue weighted by Gasteiger charge is 2.43. The summed E-state index contributed by atoms with van der Waals surface area (Å²) in [4.78, 5) is 13.4. The lowest BCUT2D eigenvalue weighted by Gasteiger charge is -2.36. The fourth-order valence-corrected chi connectivity index (χ4v) is 4.11. The number of benzene rings is 2. The van der Waals surface area contributed by atoms with Crippen LogP contribution in [0.15, 0.2) is 36.4 Å². The van der Waals surface area contributed by atoms with E-state index in [9.17, 15) is 10.1 Å². The minimum Gasteiger partial charge on any atom is -0.490 e. The predicted molar refractivity (Wildman–Crippen MR) is 114 cm³/mol. The number of anilines is 1. The quantitative estimate of drug-likeness (QED) is 0.691. The van der Waals surface area contributed by atoms with Gasteiger partial charge in [-0.25, -0.2) is 0 Å². The predicted octanol–water partition coefficient (Wildman–Crippen LogP) is 5.34. The van der Waals surface area contributed by atoms with E-state index in [1.165, 1.54) is 0 Å². The lowest BCUT2D eigenvalue weighted by molar-refractivity contribution is -0.125. The number of halogens is 2. The Hall–Kier alpha value is -2.26. The van der Waals surface area contributed by atoms with Gasteiger partial charge < -0.3 is 14.8 Å². The summed E-state index contributed by atoms with van der Waals surface area (Å²) in [6.45, 7) is 4.69. The van der Waals surface area contributed by atoms with E-state index in [2.05, 4.69) is 11.4 Å². The molecule has 1 fully saturated rings. The van der Waals surface area contributed by atoms with E-state index in [4.69, 9.17) is 32.7 Å². The van der Waals surface area contributed by atoms with E-state index in [0.29, 0.717) is 53.1 Å². The summed E-state index contributed by atoms with van der Waals surface area (Å²) in [5.41, 5.74) is 0.783. The fourth-order valence-electron chi connectivity index (χ4n) is 3.52. The number of carbonyl (C=O) groups excluding carboxylic acids is 1. The molecule has 3 rings (SSSR count). The maximum absolute atomic E-state index is 13.4. The number of hydrogen-bond acceptors (Lipinski definition) is 4. The molecule has 1 heterocycles. The zero-order chi connectivity index (χ0) is 21.0. The van der Waals surface area contributed by atoms with Gasteiger partial charge in [0.05, 0.1) is 17.1 Å². The van der Waals surface area contributed by atoms with Crippen LogP contribution in [0, 0.1) is 11.3 Å². The van der Waals surface area contributed by atoms with Crippen LogP contribution in [-0.4, -0.2) is 25.2 Å². The van der Waals surface area contributed by atoms with Gasteiger partial charge in [-0.3, -0.25) is 4.79 Å². The molecule has 0 unspecified atom stereocenters. The summed E-state index contributed by atoms with van der Waals surface area (Å²) in [6.07, 6.45) is 0.944. The van der Waals surface area contributed by atoms with Gasteiger partial charge >= 0.3 is 0 Å². The average molecular weight is 433 g/mol. The van der Waals surface area contributed by atoms with Crippen molar-refractivity contribution in [3.63, 3.8) is 0 Å². The molecule has 0 atom stereocenters. The van der Waals surface area contributed by atoms with Crippen molar-refractivity contribution in [1.82, 2.24) is 0 Å². The molecule has 1 aliphatic rings. The number of nitriles is 1. The van der Waals surface area contributed by atoms with Crippen LogP contribution >= 0.6 is 23.2 Å². The van der Waals surface area contributed by atoms with E-state index in [0.717, 1.165) is 5.56 Å². The number of amides is 1. The van der Waals surface area contributed by atoms with Gasteiger partial charge in [0.2, 0.25) is 5.91 Å². The third-order valence-corrected chi connectivity index (χ3v) is 5.50. The van der Waals surface area contributed by atoms with Crippen molar-refractivity contribution < 1.29 is 14.3 Å². The van der Waals surface area contributed by atoms with Crippen LogP contribution in [0.2, 0.25) is 10.0 Å². The maximum Gasteiger partial charge on any atom is 0.235 e. The molecule has 1 saturated heterocycles. The zero-order valence-corrected chi connectivity index (χ0v) is 17.8. The van der Waals surface area contributed by atoms with E-state index < -0.39 is 5.41 Å². The van der Waals surface area contributed by atoms with Crippen molar-refractivity contribution in [2.45, 2.75) is 38.2 Å². The molecule has 2 aromatic carbocycles. The molecular formula is C22H22Cl2N2O3. The molecule has 2 aromatic rings. The van der Waals surface area contributed by atoms with Gasteiger partial charge in [-0.1, -0.05) is 29.3 Å². The van der Waals surface area contributed by atoms with Crippen molar-refractivity contribution in [1.29, 1.82) is 5.26 Å². The molecule has 1 amide bonds. The molecule has 0 bridgehead atoms. The first-order valence-electron chi connectivity index (χ1n) is 9.41. The second-order valence-electron chi connectivity index (χ2n) is 7.26. The van der Waals surface area contributed by atoms with Crippen LogP contribution in [0.25, 0.3) is 0 Å². The highest BCUT2D eigenvalue weighted by atomic mass is 35.5. The van der Waals surface area contributed by atoms with Crippen molar-refractivity contribution in [3.05, 3.63) is 57.6 Å². The fraction of sp³-hybridized carbons (Fsp3) is 0.364. The molecule has 1 N–H and O–H groups in total. The molecule has 0 saturated carbocycles. The summed E-state index contributed by atoms with van der Waals surface area (Å²) in [6, 6.07) is 12.3. The Bertz CT molecular complexity index is 948. The van der Waals surface area contributed by atoms with Gasteiger partial charge in [0, 0.05) is 28.9 Å². The number of rotatable bonds is 5. The molecule has 29 heavy (non-hydrogen) atoms. The Morgan fingerprint density at radius 1 is 1.21 bits per heavy atom. The van der Waals surface area contributed by atoms with Crippen molar-refractivity contribution in [2.75, 3.05) is 18.5 Å². The maximum atomic E-state index is 13.4. The van der Waals surface area contributed by atoms with Crippen molar-refractivity contribution >= 4 is 34.8 Å². The summed E-state index contributed by atoms with van der Waals surface area (Å²) in [5, 5.41) is 13.4. The largest absolute Gasteiger partial charge is 0.490 e. The smallest absolute Gasteiger partial charge is 0.235 e. The average Bonchev–Trinajstić information content (AvgIpc) is 2.69. The second-order valence-corrected chi connectivity index (χ2v) is 8.11. The number of hydrogen-bond donors (Lipinski definition) is 1. The minimum absolute atomic E-state index is 0.0555. The lowest BCUT2D eigenvalue weighted by atomic mass is 9.73. The highest BCUT2D eigenvalue weighted by molar-refractivity contribution is 6.35. The van der Waals surface area contributed by atoms with E-state index in [-0.39, 0.29) is 12.0 Å². The van der Waals surface area contributed by atoms with Gasteiger partial charge in [-0.15, -0.1) is 0 Å². The summed E-state index contributed by atoms with van der Waals surface area (Å²) in [5.74, 6) is 0.300. The van der Waals surface area contributed by atoms with E-state index in [1.54, 1.807) is 36.4 Å². The molecule has 0 spiro atoms. The SMILES string of the molecule is CC(C)Oc1ccc(NC(=O)C2(c3ccc(Cl)cc3Cl)CCOCC2)cc1C#N. The first-order chi connectivity index (χ1) is 13.9. The van der Waals surface area contributed by atoms with Crippen LogP contribution in [0.1, 0.15) is 37.8 Å². The minimum atomic E-state index is -0.833. The zero-order valence-electron chi connectivity index (χ0n) is 16.3. The second kappa shape index (κ2) is 9.04. The third kappa shape index (κ3) is 4.67. The Morgan fingerprint density at radius 2 is 1.93 bits per heavy atom.